The molecule has 3 aromatic carbocycles. The van der Waals surface area contributed by atoms with Gasteiger partial charge >= 0.3 is 0 Å². The Hall–Kier alpha value is -3.05. The normalized spacial score (nSPS) is 15.5. The maximum atomic E-state index is 12.7. The quantitative estimate of drug-likeness (QED) is 0.337. The van der Waals surface area contributed by atoms with Gasteiger partial charge in [0.15, 0.2) is 0 Å². The van der Waals surface area contributed by atoms with Gasteiger partial charge in [0, 0.05) is 16.9 Å². The molecule has 4 rings (SSSR count). The summed E-state index contributed by atoms with van der Waals surface area (Å²) in [6, 6.07) is 23.8. The van der Waals surface area contributed by atoms with E-state index in [1.165, 1.54) is 31.2 Å². The van der Waals surface area contributed by atoms with Crippen molar-refractivity contribution in [3.63, 3.8) is 0 Å². The third kappa shape index (κ3) is 5.89. The van der Waals surface area contributed by atoms with Crippen molar-refractivity contribution in [3.8, 4) is 0 Å². The van der Waals surface area contributed by atoms with E-state index in [-0.39, 0.29) is 17.2 Å². The standard InChI is InChI=1S/C29H32N2O2S/c1-3-4-5-6-9-22-11-13-23(14-12-22)28(33)30-25-17-15-24(16-18-25)29-31(27(32)20-34-29)26-10-7-8-21(2)19-26/h7-8,10-19,29H,3-6,9,20H2,1-2H3,(H,30,33). The predicted molar refractivity (Wildman–Crippen MR) is 143 cm³/mol. The zero-order chi connectivity index (χ0) is 23.9. The van der Waals surface area contributed by atoms with Gasteiger partial charge in [0.2, 0.25) is 5.91 Å². The van der Waals surface area contributed by atoms with Crippen LogP contribution in [-0.2, 0) is 11.2 Å². The number of aryl methyl sites for hydroxylation is 2. The van der Waals surface area contributed by atoms with Crippen LogP contribution in [0.2, 0.25) is 0 Å². The van der Waals surface area contributed by atoms with Gasteiger partial charge in [-0.15, -0.1) is 11.8 Å². The molecule has 0 aliphatic carbocycles. The predicted octanol–water partition coefficient (Wildman–Crippen LogP) is 7.15. The number of anilines is 2. The van der Waals surface area contributed by atoms with Gasteiger partial charge in [0.25, 0.3) is 5.91 Å². The highest BCUT2D eigenvalue weighted by Crippen LogP contribution is 2.42. The summed E-state index contributed by atoms with van der Waals surface area (Å²) in [4.78, 5) is 27.2. The molecule has 1 unspecified atom stereocenters. The van der Waals surface area contributed by atoms with E-state index in [2.05, 4.69) is 24.4 Å². The molecule has 1 fully saturated rings. The molecule has 5 heteroatoms. The molecule has 0 bridgehead atoms. The van der Waals surface area contributed by atoms with Crippen LogP contribution in [0, 0.1) is 6.92 Å². The molecule has 1 saturated heterocycles. The molecule has 4 nitrogen and oxygen atoms in total. The number of rotatable bonds is 9. The van der Waals surface area contributed by atoms with Crippen LogP contribution in [0.5, 0.6) is 0 Å². The fraction of sp³-hybridized carbons (Fsp3) is 0.310. The summed E-state index contributed by atoms with van der Waals surface area (Å²) in [6.07, 6.45) is 6.02. The van der Waals surface area contributed by atoms with Crippen molar-refractivity contribution >= 4 is 35.0 Å². The zero-order valence-electron chi connectivity index (χ0n) is 19.9. The molecule has 3 aromatic rings. The van der Waals surface area contributed by atoms with Crippen molar-refractivity contribution in [2.75, 3.05) is 16.0 Å². The second kappa shape index (κ2) is 11.4. The molecular formula is C29H32N2O2S. The number of benzene rings is 3. The minimum atomic E-state index is -0.114. The van der Waals surface area contributed by atoms with Crippen LogP contribution < -0.4 is 10.2 Å². The molecule has 34 heavy (non-hydrogen) atoms. The zero-order valence-corrected chi connectivity index (χ0v) is 20.7. The van der Waals surface area contributed by atoms with Gasteiger partial charge < -0.3 is 5.32 Å². The Morgan fingerprint density at radius 3 is 2.47 bits per heavy atom. The highest BCUT2D eigenvalue weighted by molar-refractivity contribution is 8.00. The Morgan fingerprint density at radius 1 is 1.00 bits per heavy atom. The topological polar surface area (TPSA) is 49.4 Å². The lowest BCUT2D eigenvalue weighted by Gasteiger charge is -2.25. The van der Waals surface area contributed by atoms with Crippen LogP contribution in [0.1, 0.15) is 65.0 Å². The average Bonchev–Trinajstić information content (AvgIpc) is 3.24. The summed E-state index contributed by atoms with van der Waals surface area (Å²) in [5, 5.41) is 2.92. The van der Waals surface area contributed by atoms with Crippen molar-refractivity contribution in [1.82, 2.24) is 0 Å². The number of carbonyl (C=O) groups is 2. The molecule has 1 aliphatic heterocycles. The lowest BCUT2D eigenvalue weighted by Crippen LogP contribution is -2.27. The number of nitrogens with zero attached hydrogens (tertiary/aromatic N) is 1. The molecule has 0 saturated carbocycles. The number of thioether (sulfide) groups is 1. The smallest absolute Gasteiger partial charge is 0.255 e. The second-order valence-electron chi connectivity index (χ2n) is 8.85. The van der Waals surface area contributed by atoms with Gasteiger partial charge in [-0.05, 0) is 72.9 Å². The van der Waals surface area contributed by atoms with Crippen molar-refractivity contribution in [1.29, 1.82) is 0 Å². The number of amides is 2. The van der Waals surface area contributed by atoms with E-state index in [9.17, 15) is 9.59 Å². The van der Waals surface area contributed by atoms with Crippen LogP contribution in [0.25, 0.3) is 0 Å². The minimum absolute atomic E-state index is 0.0658. The van der Waals surface area contributed by atoms with E-state index in [1.54, 1.807) is 11.8 Å². The summed E-state index contributed by atoms with van der Waals surface area (Å²) >= 11 is 1.63. The fourth-order valence-corrected chi connectivity index (χ4v) is 5.42. The van der Waals surface area contributed by atoms with Crippen LogP contribution in [-0.4, -0.2) is 17.6 Å². The first-order chi connectivity index (χ1) is 16.5. The van der Waals surface area contributed by atoms with Gasteiger partial charge in [0.1, 0.15) is 5.37 Å². The van der Waals surface area contributed by atoms with E-state index in [4.69, 9.17) is 0 Å². The first-order valence-electron chi connectivity index (χ1n) is 12.1. The Bertz CT molecular complexity index is 1130. The van der Waals surface area contributed by atoms with E-state index in [0.29, 0.717) is 11.3 Å². The SMILES string of the molecule is CCCCCCc1ccc(C(=O)Nc2ccc(C3SCC(=O)N3c3cccc(C)c3)cc2)cc1. The average molecular weight is 473 g/mol. The van der Waals surface area contributed by atoms with E-state index in [0.717, 1.165) is 28.9 Å². The van der Waals surface area contributed by atoms with Gasteiger partial charge in [0.05, 0.1) is 5.75 Å². The second-order valence-corrected chi connectivity index (χ2v) is 9.92. The summed E-state index contributed by atoms with van der Waals surface area (Å²) in [7, 11) is 0. The Labute approximate surface area is 206 Å². The molecule has 0 radical (unpaired) electrons. The van der Waals surface area contributed by atoms with Gasteiger partial charge in [-0.2, -0.15) is 0 Å². The Morgan fingerprint density at radius 2 is 1.76 bits per heavy atom. The molecule has 0 aromatic heterocycles. The van der Waals surface area contributed by atoms with Gasteiger partial charge in [-0.1, -0.05) is 62.6 Å². The minimum Gasteiger partial charge on any atom is -0.322 e. The van der Waals surface area contributed by atoms with Crippen LogP contribution in [0.3, 0.4) is 0 Å². The summed E-state index contributed by atoms with van der Waals surface area (Å²) in [5.41, 5.74) is 5.77. The maximum Gasteiger partial charge on any atom is 0.255 e. The molecule has 1 aliphatic rings. The largest absolute Gasteiger partial charge is 0.322 e. The van der Waals surface area contributed by atoms with E-state index >= 15 is 0 Å². The lowest BCUT2D eigenvalue weighted by atomic mass is 10.0. The lowest BCUT2D eigenvalue weighted by molar-refractivity contribution is -0.115. The van der Waals surface area contributed by atoms with Crippen LogP contribution >= 0.6 is 11.8 Å². The number of carbonyl (C=O) groups excluding carboxylic acids is 2. The number of hydrogen-bond donors (Lipinski definition) is 1. The molecule has 2 amide bonds. The maximum absolute atomic E-state index is 12.7. The number of hydrogen-bond acceptors (Lipinski definition) is 3. The van der Waals surface area contributed by atoms with Gasteiger partial charge in [-0.25, -0.2) is 0 Å². The highest BCUT2D eigenvalue weighted by atomic mass is 32.2. The first-order valence-corrected chi connectivity index (χ1v) is 13.1. The van der Waals surface area contributed by atoms with E-state index < -0.39 is 0 Å². The molecule has 1 N–H and O–H groups in total. The van der Waals surface area contributed by atoms with Gasteiger partial charge in [-0.3, -0.25) is 14.5 Å². The molecule has 176 valence electrons. The summed E-state index contributed by atoms with van der Waals surface area (Å²) < 4.78 is 0. The van der Waals surface area contributed by atoms with E-state index in [1.807, 2.05) is 72.5 Å². The van der Waals surface area contributed by atoms with Crippen molar-refractivity contribution in [2.45, 2.75) is 51.3 Å². The van der Waals surface area contributed by atoms with Crippen LogP contribution in [0.4, 0.5) is 11.4 Å². The van der Waals surface area contributed by atoms with Crippen molar-refractivity contribution in [2.24, 2.45) is 0 Å². The monoisotopic (exact) mass is 472 g/mol. The first kappa shape index (κ1) is 24.1. The third-order valence-corrected chi connectivity index (χ3v) is 7.35. The van der Waals surface area contributed by atoms with Crippen molar-refractivity contribution in [3.05, 3.63) is 95.1 Å². The molecular weight excluding hydrogens is 440 g/mol. The van der Waals surface area contributed by atoms with Crippen LogP contribution in [0.15, 0.2) is 72.8 Å². The molecule has 0 spiro atoms. The highest BCUT2D eigenvalue weighted by Gasteiger charge is 2.34. The van der Waals surface area contributed by atoms with Crippen molar-refractivity contribution < 1.29 is 9.59 Å². The molecule has 1 atom stereocenters. The molecule has 1 heterocycles. The Balaban J connectivity index is 1.39. The fourth-order valence-electron chi connectivity index (χ4n) is 4.24. The summed E-state index contributed by atoms with van der Waals surface area (Å²) in [6.45, 7) is 4.25. The summed E-state index contributed by atoms with van der Waals surface area (Å²) in [5.74, 6) is 0.468. The number of nitrogens with one attached hydrogen (secondary N) is 1. The Kier molecular flexibility index (Phi) is 8.07. The third-order valence-electron chi connectivity index (χ3n) is 6.14. The number of unbranched alkanes of at least 4 members (excludes halogenated alkanes) is 3.